The number of amides is 1. The Morgan fingerprint density at radius 2 is 1.96 bits per heavy atom. The monoisotopic (exact) mass is 378 g/mol. The number of aromatic nitrogens is 2. The lowest BCUT2D eigenvalue weighted by Crippen LogP contribution is -2.24. The summed E-state index contributed by atoms with van der Waals surface area (Å²) < 4.78 is 43.5. The number of methoxy groups -OCH3 is 1. The van der Waals surface area contributed by atoms with Crippen molar-refractivity contribution in [2.45, 2.75) is 38.0 Å². The van der Waals surface area contributed by atoms with Crippen LogP contribution in [0.1, 0.15) is 48.5 Å². The Balaban J connectivity index is 1.62. The van der Waals surface area contributed by atoms with E-state index < -0.39 is 17.6 Å². The third kappa shape index (κ3) is 2.87. The maximum Gasteiger partial charge on any atom is 0.423 e. The Kier molecular flexibility index (Phi) is 3.97. The zero-order valence-corrected chi connectivity index (χ0v) is 14.7. The first kappa shape index (κ1) is 17.6. The Bertz CT molecular complexity index is 916. The van der Waals surface area contributed by atoms with Crippen LogP contribution in [0.5, 0.6) is 5.88 Å². The Hall–Kier alpha value is -2.84. The number of halogens is 3. The van der Waals surface area contributed by atoms with Gasteiger partial charge in [-0.15, -0.1) is 0 Å². The molecule has 1 aromatic heterocycles. The lowest BCUT2D eigenvalue weighted by molar-refractivity contribution is -0.139. The number of nitrogens with zero attached hydrogens (tertiary/aromatic N) is 3. The number of nitrogens with one attached hydrogen (secondary N) is 1. The summed E-state index contributed by atoms with van der Waals surface area (Å²) in [7, 11) is 1.13. The highest BCUT2D eigenvalue weighted by atomic mass is 19.4. The first-order valence-electron chi connectivity index (χ1n) is 8.47. The van der Waals surface area contributed by atoms with Gasteiger partial charge >= 0.3 is 6.18 Å². The predicted molar refractivity (Wildman–Crippen MR) is 90.5 cm³/mol. The van der Waals surface area contributed by atoms with Crippen LogP contribution in [0, 0.1) is 0 Å². The molecule has 9 heteroatoms. The number of carbonyl (C=O) groups excluding carboxylic acids is 1. The topological polar surface area (TPSA) is 67.3 Å². The molecule has 3 heterocycles. The molecule has 0 aliphatic carbocycles. The molecule has 6 nitrogen and oxygen atoms in total. The molecule has 2 aromatic rings. The summed E-state index contributed by atoms with van der Waals surface area (Å²) in [6.07, 6.45) is -2.04. The highest BCUT2D eigenvalue weighted by Crippen LogP contribution is 2.53. The smallest absolute Gasteiger partial charge is 0.423 e. The number of carbonyl (C=O) groups is 1. The van der Waals surface area contributed by atoms with Gasteiger partial charge in [-0.1, -0.05) is 6.07 Å². The van der Waals surface area contributed by atoms with Gasteiger partial charge < -0.3 is 15.0 Å². The van der Waals surface area contributed by atoms with Crippen LogP contribution in [0.3, 0.4) is 0 Å². The number of rotatable bonds is 3. The summed E-state index contributed by atoms with van der Waals surface area (Å²) >= 11 is 0. The molecule has 1 N–H and O–H groups in total. The van der Waals surface area contributed by atoms with Crippen LogP contribution in [0.2, 0.25) is 0 Å². The number of benzene rings is 1. The van der Waals surface area contributed by atoms with E-state index in [2.05, 4.69) is 15.3 Å². The molecule has 2 atom stereocenters. The average molecular weight is 378 g/mol. The number of alkyl halides is 3. The lowest BCUT2D eigenvalue weighted by Gasteiger charge is -2.20. The molecule has 1 fully saturated rings. The van der Waals surface area contributed by atoms with E-state index in [1.54, 1.807) is 6.92 Å². The van der Waals surface area contributed by atoms with Crippen molar-refractivity contribution in [2.24, 2.45) is 0 Å². The number of ether oxygens (including phenoxy) is 1. The van der Waals surface area contributed by atoms with Gasteiger partial charge in [0.05, 0.1) is 19.2 Å². The van der Waals surface area contributed by atoms with E-state index in [0.717, 1.165) is 31.1 Å². The van der Waals surface area contributed by atoms with Gasteiger partial charge in [0.1, 0.15) is 5.56 Å². The Labute approximate surface area is 153 Å². The molecule has 2 aliphatic heterocycles. The van der Waals surface area contributed by atoms with Crippen LogP contribution in [0.25, 0.3) is 0 Å². The summed E-state index contributed by atoms with van der Waals surface area (Å²) in [5.41, 5.74) is 1.80. The lowest BCUT2D eigenvalue weighted by atomic mass is 9.91. The Morgan fingerprint density at radius 1 is 1.26 bits per heavy atom. The molecule has 1 saturated heterocycles. The number of hydrogen-bond donors (Lipinski definition) is 1. The summed E-state index contributed by atoms with van der Waals surface area (Å²) in [6, 6.07) is 5.82. The number of hydrogen-bond acceptors (Lipinski definition) is 5. The van der Waals surface area contributed by atoms with Gasteiger partial charge in [0.15, 0.2) is 0 Å². The second-order valence-electron chi connectivity index (χ2n) is 6.62. The molecule has 4 rings (SSSR count). The molecule has 2 aliphatic rings. The van der Waals surface area contributed by atoms with E-state index in [1.165, 1.54) is 0 Å². The van der Waals surface area contributed by atoms with Gasteiger partial charge in [-0.2, -0.15) is 18.2 Å². The molecule has 0 radical (unpaired) electrons. The van der Waals surface area contributed by atoms with Crippen LogP contribution < -0.4 is 10.1 Å². The fourth-order valence-electron chi connectivity index (χ4n) is 4.01. The Morgan fingerprint density at radius 3 is 2.59 bits per heavy atom. The molecule has 142 valence electrons. The summed E-state index contributed by atoms with van der Waals surface area (Å²) in [6.45, 7) is 1.57. The minimum Gasteiger partial charge on any atom is -0.480 e. The maximum atomic E-state index is 12.9. The van der Waals surface area contributed by atoms with Gasteiger partial charge in [0.25, 0.3) is 0 Å². The van der Waals surface area contributed by atoms with Crippen LogP contribution in [0.4, 0.5) is 24.8 Å². The molecule has 2 unspecified atom stereocenters. The maximum absolute atomic E-state index is 12.9. The normalized spacial score (nSPS) is 20.6. The number of anilines is 2. The van der Waals surface area contributed by atoms with E-state index >= 15 is 0 Å². The van der Waals surface area contributed by atoms with E-state index in [0.29, 0.717) is 11.9 Å². The third-order valence-corrected chi connectivity index (χ3v) is 5.06. The summed E-state index contributed by atoms with van der Waals surface area (Å²) in [5, 5.41) is 2.92. The molecule has 2 bridgehead atoms. The average Bonchev–Trinajstić information content (AvgIpc) is 3.17. The molecule has 27 heavy (non-hydrogen) atoms. The minimum absolute atomic E-state index is 0.00591. The van der Waals surface area contributed by atoms with Crippen LogP contribution >= 0.6 is 0 Å². The zero-order chi connectivity index (χ0) is 19.3. The van der Waals surface area contributed by atoms with Crippen LogP contribution in [0.15, 0.2) is 24.4 Å². The quantitative estimate of drug-likeness (QED) is 0.875. The predicted octanol–water partition coefficient (Wildman–Crippen LogP) is 3.99. The second-order valence-corrected chi connectivity index (χ2v) is 6.62. The molecule has 1 aromatic carbocycles. The van der Waals surface area contributed by atoms with E-state index in [1.807, 2.05) is 23.1 Å². The summed E-state index contributed by atoms with van der Waals surface area (Å²) in [5.74, 6) is -0.488. The van der Waals surface area contributed by atoms with Gasteiger partial charge in [0.2, 0.25) is 17.7 Å². The van der Waals surface area contributed by atoms with Crippen molar-refractivity contribution in [3.63, 3.8) is 0 Å². The first-order chi connectivity index (χ1) is 12.8. The molecular weight excluding hydrogens is 361 g/mol. The SMILES string of the molecule is COc1nc(Nc2ccc3c(c2)C2CCC3N2C(C)=O)ncc1C(F)(F)F. The highest BCUT2D eigenvalue weighted by Gasteiger charge is 2.45. The first-order valence-corrected chi connectivity index (χ1v) is 8.47. The van der Waals surface area contributed by atoms with Gasteiger partial charge in [-0.3, -0.25) is 4.79 Å². The van der Waals surface area contributed by atoms with Crippen LogP contribution in [-0.4, -0.2) is 27.9 Å². The van der Waals surface area contributed by atoms with Gasteiger partial charge in [0, 0.05) is 18.8 Å². The molecule has 0 saturated carbocycles. The van der Waals surface area contributed by atoms with E-state index in [-0.39, 0.29) is 23.9 Å². The second kappa shape index (κ2) is 6.11. The van der Waals surface area contributed by atoms with E-state index in [9.17, 15) is 18.0 Å². The third-order valence-electron chi connectivity index (χ3n) is 5.06. The largest absolute Gasteiger partial charge is 0.480 e. The highest BCUT2D eigenvalue weighted by molar-refractivity contribution is 5.77. The van der Waals surface area contributed by atoms with Crippen molar-refractivity contribution in [3.05, 3.63) is 41.1 Å². The van der Waals surface area contributed by atoms with Crippen LogP contribution in [-0.2, 0) is 11.0 Å². The van der Waals surface area contributed by atoms with Crippen molar-refractivity contribution >= 4 is 17.5 Å². The molecular formula is C18H17F3N4O2. The molecule has 0 spiro atoms. The van der Waals surface area contributed by atoms with Crippen molar-refractivity contribution < 1.29 is 22.7 Å². The van der Waals surface area contributed by atoms with Gasteiger partial charge in [-0.25, -0.2) is 4.98 Å². The fraction of sp³-hybridized carbons (Fsp3) is 0.389. The minimum atomic E-state index is -4.59. The van der Waals surface area contributed by atoms with Crippen molar-refractivity contribution in [1.29, 1.82) is 0 Å². The van der Waals surface area contributed by atoms with Crippen molar-refractivity contribution in [2.75, 3.05) is 12.4 Å². The number of fused-ring (bicyclic) bond motifs is 5. The fourth-order valence-corrected chi connectivity index (χ4v) is 4.01. The molecule has 1 amide bonds. The van der Waals surface area contributed by atoms with Crippen molar-refractivity contribution in [3.8, 4) is 5.88 Å². The summed E-state index contributed by atoms with van der Waals surface area (Å²) in [4.78, 5) is 21.4. The zero-order valence-electron chi connectivity index (χ0n) is 14.7. The van der Waals surface area contributed by atoms with Gasteiger partial charge in [-0.05, 0) is 36.1 Å². The van der Waals surface area contributed by atoms with Crippen molar-refractivity contribution in [1.82, 2.24) is 14.9 Å². The van der Waals surface area contributed by atoms with E-state index in [4.69, 9.17) is 4.74 Å². The standard InChI is InChI=1S/C18H17F3N4O2/c1-9(26)25-14-5-6-15(25)12-7-10(3-4-11(12)14)23-17-22-8-13(18(19,20)21)16(24-17)27-2/h3-4,7-8,14-15H,5-6H2,1-2H3,(H,22,23,24).